The third-order valence-corrected chi connectivity index (χ3v) is 3.89. The predicted molar refractivity (Wildman–Crippen MR) is 53.9 cm³/mol. The number of amides is 1. The zero-order chi connectivity index (χ0) is 9.54. The Kier molecular flexibility index (Phi) is 2.01. The summed E-state index contributed by atoms with van der Waals surface area (Å²) >= 11 is 0. The van der Waals surface area contributed by atoms with E-state index in [4.69, 9.17) is 0 Å². The largest absolute Gasteiger partial charge is 0.354 e. The summed E-state index contributed by atoms with van der Waals surface area (Å²) in [5, 5.41) is 3.02. The van der Waals surface area contributed by atoms with Crippen molar-refractivity contribution in [3.05, 3.63) is 0 Å². The van der Waals surface area contributed by atoms with Gasteiger partial charge >= 0.3 is 0 Å². The van der Waals surface area contributed by atoms with Crippen molar-refractivity contribution in [1.29, 1.82) is 0 Å². The predicted octanol–water partition coefficient (Wildman–Crippen LogP) is 0.749. The summed E-state index contributed by atoms with van der Waals surface area (Å²) in [6.45, 7) is 2.15. The Morgan fingerprint density at radius 3 is 2.79 bits per heavy atom. The zero-order valence-electron chi connectivity index (χ0n) is 8.54. The van der Waals surface area contributed by atoms with Crippen LogP contribution in [0.4, 0.5) is 0 Å². The fourth-order valence-corrected chi connectivity index (χ4v) is 2.87. The first-order chi connectivity index (χ1) is 6.83. The lowest BCUT2D eigenvalue weighted by molar-refractivity contribution is -0.121. The molecule has 2 bridgehead atoms. The minimum Gasteiger partial charge on any atom is -0.354 e. The minimum atomic E-state index is 0.262. The lowest BCUT2D eigenvalue weighted by Crippen LogP contribution is -2.39. The Hall–Kier alpha value is -0.570. The second-order valence-corrected chi connectivity index (χ2v) is 5.03. The van der Waals surface area contributed by atoms with E-state index in [0.717, 1.165) is 18.9 Å². The summed E-state index contributed by atoms with van der Waals surface area (Å²) in [7, 11) is 0. The van der Waals surface area contributed by atoms with Crippen molar-refractivity contribution in [1.82, 2.24) is 10.2 Å². The van der Waals surface area contributed by atoms with Gasteiger partial charge in [-0.15, -0.1) is 0 Å². The van der Waals surface area contributed by atoms with Crippen LogP contribution in [0.5, 0.6) is 0 Å². The smallest absolute Gasteiger partial charge is 0.221 e. The number of nitrogens with zero attached hydrogens (tertiary/aromatic N) is 1. The fraction of sp³-hybridized carbons (Fsp3) is 0.909. The Labute approximate surface area is 84.8 Å². The first kappa shape index (κ1) is 8.72. The molecule has 2 heterocycles. The molecule has 0 aromatic rings. The zero-order valence-corrected chi connectivity index (χ0v) is 8.54. The first-order valence-corrected chi connectivity index (χ1v) is 5.85. The molecule has 0 spiro atoms. The van der Waals surface area contributed by atoms with E-state index in [1.54, 1.807) is 0 Å². The van der Waals surface area contributed by atoms with E-state index < -0.39 is 0 Å². The van der Waals surface area contributed by atoms with E-state index in [-0.39, 0.29) is 5.91 Å². The number of carbonyl (C=O) groups excluding carboxylic acids is 1. The minimum absolute atomic E-state index is 0.262. The van der Waals surface area contributed by atoms with E-state index in [0.29, 0.717) is 12.1 Å². The number of carbonyl (C=O) groups is 1. The summed E-state index contributed by atoms with van der Waals surface area (Å²) in [4.78, 5) is 14.0. The van der Waals surface area contributed by atoms with Gasteiger partial charge < -0.3 is 5.32 Å². The van der Waals surface area contributed by atoms with Gasteiger partial charge in [-0.05, 0) is 31.6 Å². The van der Waals surface area contributed by atoms with Gasteiger partial charge in [-0.25, -0.2) is 0 Å². The maximum Gasteiger partial charge on any atom is 0.221 e. The highest BCUT2D eigenvalue weighted by molar-refractivity contribution is 5.77. The molecule has 2 saturated heterocycles. The van der Waals surface area contributed by atoms with Gasteiger partial charge in [-0.2, -0.15) is 0 Å². The Morgan fingerprint density at radius 1 is 1.21 bits per heavy atom. The highest BCUT2D eigenvalue weighted by atomic mass is 16.1. The van der Waals surface area contributed by atoms with Crippen molar-refractivity contribution in [2.24, 2.45) is 5.92 Å². The van der Waals surface area contributed by atoms with Crippen LogP contribution in [0.25, 0.3) is 0 Å². The molecule has 1 saturated carbocycles. The van der Waals surface area contributed by atoms with E-state index in [1.807, 2.05) is 0 Å². The van der Waals surface area contributed by atoms with Crippen molar-refractivity contribution in [3.8, 4) is 0 Å². The number of hydrogen-bond acceptors (Lipinski definition) is 2. The van der Waals surface area contributed by atoms with Crippen molar-refractivity contribution >= 4 is 5.91 Å². The number of nitrogens with one attached hydrogen (secondary N) is 1. The van der Waals surface area contributed by atoms with Crippen LogP contribution in [0, 0.1) is 5.92 Å². The maximum atomic E-state index is 11.4. The Morgan fingerprint density at radius 2 is 2.00 bits per heavy atom. The summed E-state index contributed by atoms with van der Waals surface area (Å²) in [6.07, 6.45) is 6.10. The van der Waals surface area contributed by atoms with Crippen LogP contribution in [0.2, 0.25) is 0 Å². The van der Waals surface area contributed by atoms with Crippen LogP contribution >= 0.6 is 0 Å². The molecule has 3 rings (SSSR count). The van der Waals surface area contributed by atoms with Crippen LogP contribution in [0.15, 0.2) is 0 Å². The third kappa shape index (κ3) is 1.54. The number of hydrogen-bond donors (Lipinski definition) is 1. The molecule has 3 heteroatoms. The second kappa shape index (κ2) is 3.23. The van der Waals surface area contributed by atoms with Gasteiger partial charge in [0.1, 0.15) is 0 Å². The molecule has 0 aromatic heterocycles. The number of fused-ring (bicyclic) bond motifs is 2. The van der Waals surface area contributed by atoms with E-state index in [9.17, 15) is 4.79 Å². The molecular formula is C11H18N2O. The molecule has 3 fully saturated rings. The van der Waals surface area contributed by atoms with Crippen molar-refractivity contribution in [2.45, 2.75) is 44.2 Å². The van der Waals surface area contributed by atoms with Gasteiger partial charge in [0.25, 0.3) is 0 Å². The molecule has 14 heavy (non-hydrogen) atoms. The van der Waals surface area contributed by atoms with Crippen LogP contribution in [0.1, 0.15) is 32.1 Å². The summed E-state index contributed by atoms with van der Waals surface area (Å²) in [6, 6.07) is 1.20. The molecule has 3 nitrogen and oxygen atoms in total. The molecule has 1 amide bonds. The monoisotopic (exact) mass is 194 g/mol. The van der Waals surface area contributed by atoms with Crippen molar-refractivity contribution in [3.63, 3.8) is 0 Å². The average Bonchev–Trinajstić information content (AvgIpc) is 2.88. The maximum absolute atomic E-state index is 11.4. The SMILES string of the molecule is O=C1CC2CCC(CN1)N2CC1CC1. The van der Waals surface area contributed by atoms with E-state index in [1.165, 1.54) is 32.2 Å². The van der Waals surface area contributed by atoms with Crippen LogP contribution < -0.4 is 5.32 Å². The third-order valence-electron chi connectivity index (χ3n) is 3.89. The molecule has 2 aliphatic heterocycles. The second-order valence-electron chi connectivity index (χ2n) is 5.03. The summed E-state index contributed by atoms with van der Waals surface area (Å²) < 4.78 is 0. The van der Waals surface area contributed by atoms with Crippen LogP contribution in [-0.2, 0) is 4.79 Å². The molecule has 3 aliphatic rings. The highest BCUT2D eigenvalue weighted by Gasteiger charge is 2.39. The summed E-state index contributed by atoms with van der Waals surface area (Å²) in [5.41, 5.74) is 0. The lowest BCUT2D eigenvalue weighted by atomic mass is 10.1. The first-order valence-electron chi connectivity index (χ1n) is 5.85. The van der Waals surface area contributed by atoms with Crippen molar-refractivity contribution < 1.29 is 4.79 Å². The van der Waals surface area contributed by atoms with Gasteiger partial charge in [0, 0.05) is 31.6 Å². The van der Waals surface area contributed by atoms with Crippen molar-refractivity contribution in [2.75, 3.05) is 13.1 Å². The average molecular weight is 194 g/mol. The van der Waals surface area contributed by atoms with Crippen LogP contribution in [-0.4, -0.2) is 36.0 Å². The molecule has 2 atom stereocenters. The standard InChI is InChI=1S/C11H18N2O/c14-11-5-9-3-4-10(6-12-11)13(9)7-8-1-2-8/h8-10H,1-7H2,(H,12,14). The molecule has 0 aromatic carbocycles. The van der Waals surface area contributed by atoms with Gasteiger partial charge in [-0.3, -0.25) is 9.69 Å². The van der Waals surface area contributed by atoms with Gasteiger partial charge in [0.15, 0.2) is 0 Å². The van der Waals surface area contributed by atoms with Crippen LogP contribution in [0.3, 0.4) is 0 Å². The molecule has 1 aliphatic carbocycles. The Bertz CT molecular complexity index is 250. The Balaban J connectivity index is 1.71. The molecule has 2 unspecified atom stereocenters. The summed E-state index contributed by atoms with van der Waals surface area (Å²) in [5.74, 6) is 1.21. The molecule has 1 N–H and O–H groups in total. The van der Waals surface area contributed by atoms with Gasteiger partial charge in [-0.1, -0.05) is 0 Å². The fourth-order valence-electron chi connectivity index (χ4n) is 2.87. The molecule has 0 radical (unpaired) electrons. The van der Waals surface area contributed by atoms with Gasteiger partial charge in [0.05, 0.1) is 0 Å². The van der Waals surface area contributed by atoms with Gasteiger partial charge in [0.2, 0.25) is 5.91 Å². The van der Waals surface area contributed by atoms with E-state index >= 15 is 0 Å². The molecular weight excluding hydrogens is 176 g/mol. The lowest BCUT2D eigenvalue weighted by Gasteiger charge is -2.26. The normalized spacial score (nSPS) is 38.1. The topological polar surface area (TPSA) is 32.3 Å². The van der Waals surface area contributed by atoms with E-state index in [2.05, 4.69) is 10.2 Å². The number of rotatable bonds is 2. The highest BCUT2D eigenvalue weighted by Crippen LogP contribution is 2.35. The molecule has 78 valence electrons. The quantitative estimate of drug-likeness (QED) is 0.703.